The molecule has 1 saturated heterocycles. The van der Waals surface area contributed by atoms with Crippen molar-refractivity contribution in [3.05, 3.63) is 64.8 Å². The quantitative estimate of drug-likeness (QED) is 0.0422. The van der Waals surface area contributed by atoms with Gasteiger partial charge in [-0.25, -0.2) is 4.48 Å². The smallest absolute Gasteiger partial charge is 0.312 e. The fourth-order valence-electron chi connectivity index (χ4n) is 5.43. The summed E-state index contributed by atoms with van der Waals surface area (Å²) in [6.45, 7) is 8.45. The molecule has 2 aromatic carbocycles. The fourth-order valence-corrected chi connectivity index (χ4v) is 5.55. The van der Waals surface area contributed by atoms with Crippen LogP contribution in [-0.4, -0.2) is 158 Å². The van der Waals surface area contributed by atoms with Crippen molar-refractivity contribution in [3.8, 4) is 11.1 Å². The van der Waals surface area contributed by atoms with E-state index < -0.39 is 0 Å². The minimum Gasteiger partial charge on any atom is -0.449 e. The van der Waals surface area contributed by atoms with E-state index in [-0.39, 0.29) is 54.1 Å². The maximum atomic E-state index is 13.2. The molecule has 4 rings (SSSR count). The molecule has 1 fully saturated rings. The van der Waals surface area contributed by atoms with Gasteiger partial charge in [-0.05, 0) is 11.6 Å². The van der Waals surface area contributed by atoms with Crippen LogP contribution in [-0.2, 0) is 61.7 Å². The molecule has 0 unspecified atom stereocenters. The minimum atomic E-state index is -0.385. The molecular weight excluding hydrogens is 782 g/mol. The molecule has 1 aliphatic rings. The molecule has 17 heteroatoms. The second-order valence-electron chi connectivity index (χ2n) is 12.6. The lowest BCUT2D eigenvalue weighted by molar-refractivity contribution is -0.151. The van der Waals surface area contributed by atoms with Gasteiger partial charge in [0.25, 0.3) is 0 Å². The van der Waals surface area contributed by atoms with Crippen LogP contribution >= 0.6 is 11.6 Å². The number of esters is 2. The van der Waals surface area contributed by atoms with Gasteiger partial charge in [0, 0.05) is 19.8 Å². The van der Waals surface area contributed by atoms with Crippen molar-refractivity contribution in [2.24, 2.45) is 0 Å². The fraction of sp³-hybridized carbons (Fsp3) is 0.585. The molecule has 3 aromatic rings. The van der Waals surface area contributed by atoms with Gasteiger partial charge in [0.1, 0.15) is 13.1 Å². The molecule has 0 aliphatic carbocycles. The summed E-state index contributed by atoms with van der Waals surface area (Å²) >= 11 is 5.22. The van der Waals surface area contributed by atoms with Gasteiger partial charge >= 0.3 is 17.8 Å². The van der Waals surface area contributed by atoms with E-state index in [0.29, 0.717) is 129 Å². The van der Waals surface area contributed by atoms with Crippen LogP contribution in [0.25, 0.3) is 22.1 Å². The highest BCUT2D eigenvalue weighted by molar-refractivity contribution is 6.17. The number of quaternary nitrogens is 1. The Morgan fingerprint density at radius 1 is 0.638 bits per heavy atom. The Kier molecular flexibility index (Phi) is 25.7. The molecule has 0 saturated carbocycles. The molecule has 0 amide bonds. The van der Waals surface area contributed by atoms with Crippen LogP contribution in [0.3, 0.4) is 0 Å². The number of benzene rings is 2. The molecule has 0 atom stereocenters. The third-order valence-corrected chi connectivity index (χ3v) is 8.67. The Balaban J connectivity index is 0.000000422. The summed E-state index contributed by atoms with van der Waals surface area (Å²) in [6, 6.07) is 16.8. The summed E-state index contributed by atoms with van der Waals surface area (Å²) in [7, 11) is 3.25. The van der Waals surface area contributed by atoms with E-state index in [1.807, 2.05) is 42.5 Å². The molecule has 324 valence electrons. The number of methoxy groups -OCH3 is 2. The number of hydrogen-bond donors (Lipinski definition) is 0. The Bertz CT molecular complexity index is 1600. The lowest BCUT2D eigenvalue weighted by atomic mass is 10.0. The number of alkyl halides is 1. The van der Waals surface area contributed by atoms with E-state index in [1.165, 1.54) is 6.07 Å². The number of rotatable bonds is 29. The molecule has 0 bridgehead atoms. The van der Waals surface area contributed by atoms with Gasteiger partial charge in [-0.3, -0.25) is 14.4 Å². The maximum absolute atomic E-state index is 13.2. The number of ether oxygens (including phenoxy) is 11. The molecule has 2 heterocycles. The number of fused-ring (bicyclic) bond motifs is 1. The van der Waals surface area contributed by atoms with Crippen molar-refractivity contribution < 1.29 is 66.1 Å². The van der Waals surface area contributed by atoms with Crippen LogP contribution < -0.4 is 9.91 Å². The Morgan fingerprint density at radius 3 is 1.66 bits per heavy atom. The number of para-hydroxylation sites is 1. The van der Waals surface area contributed by atoms with Crippen molar-refractivity contribution in [1.29, 1.82) is 0 Å². The average molecular weight is 841 g/mol. The lowest BCUT2D eigenvalue weighted by Crippen LogP contribution is -2.58. The first kappa shape index (κ1) is 48.8. The second kappa shape index (κ2) is 30.5. The monoisotopic (exact) mass is 840 g/mol. The molecule has 58 heavy (non-hydrogen) atoms. The van der Waals surface area contributed by atoms with Crippen LogP contribution in [0.5, 0.6) is 0 Å². The summed E-state index contributed by atoms with van der Waals surface area (Å²) in [5, 5.41) is 0.508. The normalized spacial score (nSPS) is 13.5. The van der Waals surface area contributed by atoms with Crippen LogP contribution in [0.15, 0.2) is 63.8 Å². The van der Waals surface area contributed by atoms with Crippen molar-refractivity contribution in [2.75, 3.05) is 146 Å². The van der Waals surface area contributed by atoms with Crippen LogP contribution in [0.2, 0.25) is 0 Å². The Labute approximate surface area is 344 Å². The van der Waals surface area contributed by atoms with E-state index in [1.54, 1.807) is 20.3 Å². The highest BCUT2D eigenvalue weighted by Gasteiger charge is 2.38. The number of morpholine rings is 1. The molecule has 1 aromatic heterocycles. The molecule has 0 N–H and O–H groups in total. The first-order valence-corrected chi connectivity index (χ1v) is 19.9. The average Bonchev–Trinajstić information content (AvgIpc) is 3.24. The van der Waals surface area contributed by atoms with E-state index in [2.05, 4.69) is 4.74 Å². The molecule has 0 spiro atoms. The Hall–Kier alpha value is -3.52. The number of carbonyl (C=O) groups is 2. The van der Waals surface area contributed by atoms with Gasteiger partial charge in [0.15, 0.2) is 17.1 Å². The van der Waals surface area contributed by atoms with E-state index in [0.717, 1.165) is 11.1 Å². The van der Waals surface area contributed by atoms with Gasteiger partial charge in [0.2, 0.25) is 6.73 Å². The van der Waals surface area contributed by atoms with Crippen molar-refractivity contribution in [1.82, 2.24) is 4.48 Å². The summed E-state index contributed by atoms with van der Waals surface area (Å²) in [4.78, 5) is 36.6. The van der Waals surface area contributed by atoms with Gasteiger partial charge in [0.05, 0.1) is 130 Å². The van der Waals surface area contributed by atoms with Gasteiger partial charge in [-0.1, -0.05) is 54.1 Å². The van der Waals surface area contributed by atoms with Crippen molar-refractivity contribution in [2.45, 2.75) is 12.8 Å². The molecule has 0 radical (unpaired) electrons. The third-order valence-electron chi connectivity index (χ3n) is 8.56. The van der Waals surface area contributed by atoms with Gasteiger partial charge in [-0.2, -0.15) is 0 Å². The predicted molar refractivity (Wildman–Crippen MR) is 216 cm³/mol. The van der Waals surface area contributed by atoms with E-state index in [4.69, 9.17) is 63.4 Å². The maximum Gasteiger partial charge on any atom is 0.312 e. The zero-order valence-corrected chi connectivity index (χ0v) is 34.5. The number of hydrogen-bond acceptors (Lipinski definition) is 15. The first-order valence-electron chi connectivity index (χ1n) is 19.3. The number of nitrogens with zero attached hydrogens (tertiary/aromatic N) is 1. The van der Waals surface area contributed by atoms with Crippen LogP contribution in [0, 0.1) is 0 Å². The molecular formula is C41H59ClNO15+. The van der Waals surface area contributed by atoms with Gasteiger partial charge in [-0.15, -0.1) is 0 Å². The lowest BCUT2D eigenvalue weighted by Gasteiger charge is -2.37. The van der Waals surface area contributed by atoms with E-state index >= 15 is 0 Å². The zero-order valence-electron chi connectivity index (χ0n) is 33.7. The highest BCUT2D eigenvalue weighted by Crippen LogP contribution is 2.33. The number of halogens is 1. The third kappa shape index (κ3) is 19.0. The summed E-state index contributed by atoms with van der Waals surface area (Å²) < 4.78 is 64.0. The standard InChI is InChI=1S/C30H38NO9.C11H21ClO6/c1-34-16-17-37-20-21-38-19-18-35-13-10-29(33)39-23-31(11-14-36-15-12-31)28-22-27(32)26-9-5-8-25(30(26)40-28)24-6-3-2-4-7-24;1-14-4-5-16-8-9-17-7-6-15-3-2-11(13)18-10-12/h2-9,22H,10-21,23H2,1H3;2-10H2,1H3/q+1;. The SMILES string of the molecule is COCCOCCOCCOCCC(=O)OCCl.COCCOCCOCCOCCC(=O)OC[N+]1(c2cc(=O)c3cccc(-c4ccccc4)c3o2)CCOCC1. The van der Waals surface area contributed by atoms with E-state index in [9.17, 15) is 14.4 Å². The summed E-state index contributed by atoms with van der Waals surface area (Å²) in [5.74, 6) is -0.293. The first-order chi connectivity index (χ1) is 28.4. The largest absolute Gasteiger partial charge is 0.449 e. The number of carbonyl (C=O) groups excluding carboxylic acids is 2. The van der Waals surface area contributed by atoms with Crippen LogP contribution in [0.1, 0.15) is 12.8 Å². The molecule has 16 nitrogen and oxygen atoms in total. The zero-order chi connectivity index (χ0) is 41.5. The minimum absolute atomic E-state index is 0.0380. The summed E-state index contributed by atoms with van der Waals surface area (Å²) in [5.41, 5.74) is 2.17. The topological polar surface area (TPSA) is 166 Å². The van der Waals surface area contributed by atoms with Crippen molar-refractivity contribution >= 4 is 40.4 Å². The Morgan fingerprint density at radius 2 is 1.14 bits per heavy atom. The predicted octanol–water partition coefficient (Wildman–Crippen LogP) is 4.20. The van der Waals surface area contributed by atoms with Gasteiger partial charge < -0.3 is 56.5 Å². The van der Waals surface area contributed by atoms with Crippen LogP contribution in [0.4, 0.5) is 5.88 Å². The van der Waals surface area contributed by atoms with Crippen molar-refractivity contribution in [3.63, 3.8) is 0 Å². The second-order valence-corrected chi connectivity index (χ2v) is 12.9. The summed E-state index contributed by atoms with van der Waals surface area (Å²) in [6.07, 6.45) is 0.309. The highest BCUT2D eigenvalue weighted by atomic mass is 35.5. The molecule has 1 aliphatic heterocycles.